The largest absolute Gasteiger partial charge is 0.416 e. The highest BCUT2D eigenvalue weighted by molar-refractivity contribution is 7.92. The molecule has 220 valence electrons. The van der Waals surface area contributed by atoms with E-state index in [1.54, 1.807) is 24.3 Å². The van der Waals surface area contributed by atoms with E-state index in [1.807, 2.05) is 6.92 Å². The van der Waals surface area contributed by atoms with E-state index in [0.29, 0.717) is 17.0 Å². The first-order valence-electron chi connectivity index (χ1n) is 13.3. The summed E-state index contributed by atoms with van der Waals surface area (Å²) in [7, 11) is -3.94. The Hall–Kier alpha value is -2.79. The molecular weight excluding hydrogens is 567 g/mol. The summed E-state index contributed by atoms with van der Waals surface area (Å²) in [5.41, 5.74) is -0.453. The average Bonchev–Trinajstić information content (AvgIpc) is 3.39. The minimum atomic E-state index is -4.64. The lowest BCUT2D eigenvalue weighted by Gasteiger charge is -2.32. The number of carbonyl (C=O) groups excluding carboxylic acids is 2. The van der Waals surface area contributed by atoms with Crippen molar-refractivity contribution in [2.75, 3.05) is 17.1 Å². The molecule has 0 saturated heterocycles. The summed E-state index contributed by atoms with van der Waals surface area (Å²) < 4.78 is 65.5. The van der Waals surface area contributed by atoms with Gasteiger partial charge in [-0.05, 0) is 55.5 Å². The van der Waals surface area contributed by atoms with Crippen LogP contribution in [0.3, 0.4) is 0 Å². The molecule has 1 saturated carbocycles. The van der Waals surface area contributed by atoms with Crippen LogP contribution >= 0.6 is 11.6 Å². The quantitative estimate of drug-likeness (QED) is 0.335. The predicted molar refractivity (Wildman–Crippen MR) is 149 cm³/mol. The highest BCUT2D eigenvalue weighted by Gasteiger charge is 2.33. The maximum atomic E-state index is 13.5. The SMILES string of the molecule is CCC(C(=O)NC1CCCC1)N(Cc1ccccc1Cl)C(=O)CCCN(c1cccc(C(F)(F)F)c1)S(C)(=O)=O. The predicted octanol–water partition coefficient (Wildman–Crippen LogP) is 5.77. The average molecular weight is 602 g/mol. The molecule has 3 rings (SSSR count). The second-order valence-electron chi connectivity index (χ2n) is 10.0. The van der Waals surface area contributed by atoms with Crippen LogP contribution in [0.2, 0.25) is 5.02 Å². The maximum Gasteiger partial charge on any atom is 0.416 e. The van der Waals surface area contributed by atoms with Crippen LogP contribution in [0.15, 0.2) is 48.5 Å². The fourth-order valence-electron chi connectivity index (χ4n) is 4.94. The molecule has 0 aliphatic heterocycles. The molecule has 2 amide bonds. The molecule has 2 aromatic carbocycles. The molecule has 1 fully saturated rings. The Morgan fingerprint density at radius 2 is 1.77 bits per heavy atom. The van der Waals surface area contributed by atoms with E-state index in [-0.39, 0.29) is 49.5 Å². The number of alkyl halides is 3. The van der Waals surface area contributed by atoms with Crippen molar-refractivity contribution in [2.24, 2.45) is 0 Å². The third kappa shape index (κ3) is 8.60. The fourth-order valence-corrected chi connectivity index (χ4v) is 6.09. The molecule has 0 radical (unpaired) electrons. The summed E-state index contributed by atoms with van der Waals surface area (Å²) in [6.45, 7) is 1.68. The zero-order valence-corrected chi connectivity index (χ0v) is 24.2. The Morgan fingerprint density at radius 3 is 2.38 bits per heavy atom. The van der Waals surface area contributed by atoms with Gasteiger partial charge in [-0.1, -0.05) is 55.6 Å². The van der Waals surface area contributed by atoms with Crippen LogP contribution in [0.1, 0.15) is 63.0 Å². The molecule has 1 aliphatic rings. The number of amides is 2. The van der Waals surface area contributed by atoms with E-state index in [1.165, 1.54) is 11.0 Å². The minimum Gasteiger partial charge on any atom is -0.352 e. The highest BCUT2D eigenvalue weighted by atomic mass is 35.5. The molecule has 40 heavy (non-hydrogen) atoms. The van der Waals surface area contributed by atoms with Crippen molar-refractivity contribution in [1.29, 1.82) is 0 Å². The van der Waals surface area contributed by atoms with Gasteiger partial charge in [0.05, 0.1) is 17.5 Å². The van der Waals surface area contributed by atoms with Gasteiger partial charge in [-0.2, -0.15) is 13.2 Å². The molecule has 0 aromatic heterocycles. The molecular formula is C28H35ClF3N3O4S. The number of hydrogen-bond acceptors (Lipinski definition) is 4. The number of benzene rings is 2. The van der Waals surface area contributed by atoms with E-state index in [9.17, 15) is 31.2 Å². The zero-order chi connectivity index (χ0) is 29.5. The van der Waals surface area contributed by atoms with Crippen molar-refractivity contribution in [3.63, 3.8) is 0 Å². The van der Waals surface area contributed by atoms with Gasteiger partial charge < -0.3 is 10.2 Å². The molecule has 1 atom stereocenters. The fraction of sp³-hybridized carbons (Fsp3) is 0.500. The standard InChI is InChI=1S/C28H35ClF3N3O4S/c1-3-25(27(37)33-22-12-5-6-13-22)34(19-20-10-4-7-15-24(20)29)26(36)16-9-17-35(40(2,38)39)23-14-8-11-21(18-23)28(30,31)32/h4,7-8,10-11,14-15,18,22,25H,3,5-6,9,12-13,16-17,19H2,1-2H3,(H,33,37). The minimum absolute atomic E-state index is 0.0296. The second-order valence-corrected chi connectivity index (χ2v) is 12.3. The van der Waals surface area contributed by atoms with Crippen LogP contribution in [0, 0.1) is 0 Å². The number of carbonyl (C=O) groups is 2. The van der Waals surface area contributed by atoms with Gasteiger partial charge in [0.2, 0.25) is 21.8 Å². The van der Waals surface area contributed by atoms with Crippen molar-refractivity contribution >= 4 is 39.1 Å². The number of nitrogens with zero attached hydrogens (tertiary/aromatic N) is 2. The smallest absolute Gasteiger partial charge is 0.352 e. The number of anilines is 1. The van der Waals surface area contributed by atoms with Gasteiger partial charge in [0.15, 0.2) is 0 Å². The topological polar surface area (TPSA) is 86.8 Å². The molecule has 7 nitrogen and oxygen atoms in total. The molecule has 1 aliphatic carbocycles. The van der Waals surface area contributed by atoms with Crippen molar-refractivity contribution in [3.05, 3.63) is 64.7 Å². The van der Waals surface area contributed by atoms with E-state index in [2.05, 4.69) is 5.32 Å². The first-order chi connectivity index (χ1) is 18.8. The lowest BCUT2D eigenvalue weighted by Crippen LogP contribution is -2.51. The Balaban J connectivity index is 1.79. The molecule has 0 bridgehead atoms. The Morgan fingerprint density at radius 1 is 1.10 bits per heavy atom. The van der Waals surface area contributed by atoms with Crippen LogP contribution in [0.4, 0.5) is 18.9 Å². The van der Waals surface area contributed by atoms with E-state index < -0.39 is 27.8 Å². The van der Waals surface area contributed by atoms with Crippen LogP contribution < -0.4 is 9.62 Å². The summed E-state index contributed by atoms with van der Waals surface area (Å²) in [5.74, 6) is -0.637. The molecule has 2 aromatic rings. The third-order valence-electron chi connectivity index (χ3n) is 7.00. The van der Waals surface area contributed by atoms with Gasteiger partial charge >= 0.3 is 6.18 Å². The van der Waals surface area contributed by atoms with Crippen LogP contribution in [0.5, 0.6) is 0 Å². The Labute approximate surface area is 238 Å². The van der Waals surface area contributed by atoms with Gasteiger partial charge in [0.25, 0.3) is 0 Å². The lowest BCUT2D eigenvalue weighted by atomic mass is 10.1. The van der Waals surface area contributed by atoms with Crippen LogP contribution in [0.25, 0.3) is 0 Å². The second kappa shape index (κ2) is 13.7. The monoisotopic (exact) mass is 601 g/mol. The summed E-state index contributed by atoms with van der Waals surface area (Å²) >= 11 is 6.35. The summed E-state index contributed by atoms with van der Waals surface area (Å²) in [6.07, 6.45) is 0.370. The number of sulfonamides is 1. The highest BCUT2D eigenvalue weighted by Crippen LogP contribution is 2.32. The van der Waals surface area contributed by atoms with Gasteiger partial charge in [-0.3, -0.25) is 13.9 Å². The maximum absolute atomic E-state index is 13.5. The number of nitrogens with one attached hydrogen (secondary N) is 1. The van der Waals surface area contributed by atoms with Crippen LogP contribution in [-0.2, 0) is 32.3 Å². The van der Waals surface area contributed by atoms with E-state index in [0.717, 1.165) is 54.4 Å². The number of rotatable bonds is 12. The van der Waals surface area contributed by atoms with Crippen molar-refractivity contribution in [1.82, 2.24) is 10.2 Å². The van der Waals surface area contributed by atoms with Crippen molar-refractivity contribution < 1.29 is 31.2 Å². The Bertz CT molecular complexity index is 1280. The first-order valence-corrected chi connectivity index (χ1v) is 15.5. The van der Waals surface area contributed by atoms with E-state index in [4.69, 9.17) is 11.6 Å². The number of hydrogen-bond donors (Lipinski definition) is 1. The van der Waals surface area contributed by atoms with Gasteiger partial charge in [-0.15, -0.1) is 0 Å². The molecule has 0 heterocycles. The summed E-state index contributed by atoms with van der Waals surface area (Å²) in [4.78, 5) is 28.2. The first kappa shape index (κ1) is 31.7. The molecule has 1 unspecified atom stereocenters. The normalized spacial score (nSPS) is 15.1. The third-order valence-corrected chi connectivity index (χ3v) is 8.56. The van der Waals surface area contributed by atoms with Crippen LogP contribution in [-0.4, -0.2) is 50.0 Å². The van der Waals surface area contributed by atoms with Crippen molar-refractivity contribution in [2.45, 2.75) is 76.7 Å². The summed E-state index contributed by atoms with van der Waals surface area (Å²) in [5, 5.41) is 3.50. The van der Waals surface area contributed by atoms with E-state index >= 15 is 0 Å². The lowest BCUT2D eigenvalue weighted by molar-refractivity contribution is -0.141. The van der Waals surface area contributed by atoms with Gasteiger partial charge in [0.1, 0.15) is 6.04 Å². The van der Waals surface area contributed by atoms with Crippen molar-refractivity contribution in [3.8, 4) is 0 Å². The zero-order valence-electron chi connectivity index (χ0n) is 22.6. The Kier molecular flexibility index (Phi) is 10.9. The molecule has 12 heteroatoms. The van der Waals surface area contributed by atoms with Gasteiger partial charge in [-0.25, -0.2) is 8.42 Å². The summed E-state index contributed by atoms with van der Waals surface area (Å²) in [6, 6.07) is 10.4. The van der Waals surface area contributed by atoms with Gasteiger partial charge in [0, 0.05) is 30.6 Å². The number of halogens is 4. The molecule has 1 N–H and O–H groups in total. The molecule has 0 spiro atoms.